The van der Waals surface area contributed by atoms with Crippen LogP contribution in [0.3, 0.4) is 0 Å². The fourth-order valence-corrected chi connectivity index (χ4v) is 3.00. The second-order valence-corrected chi connectivity index (χ2v) is 6.99. The van der Waals surface area contributed by atoms with Crippen molar-refractivity contribution in [1.29, 1.82) is 0 Å². The molecule has 3 rings (SSSR count). The summed E-state index contributed by atoms with van der Waals surface area (Å²) >= 11 is 0. The van der Waals surface area contributed by atoms with Gasteiger partial charge in [0, 0.05) is 12.2 Å². The minimum atomic E-state index is -0.414. The monoisotopic (exact) mass is 408 g/mol. The Labute approximate surface area is 176 Å². The first-order valence-corrected chi connectivity index (χ1v) is 9.61. The summed E-state index contributed by atoms with van der Waals surface area (Å²) in [5.41, 5.74) is 2.55. The molecule has 3 aromatic rings. The molecule has 5 nitrogen and oxygen atoms in total. The van der Waals surface area contributed by atoms with Crippen LogP contribution in [0.2, 0.25) is 0 Å². The Kier molecular flexibility index (Phi) is 7.40. The van der Waals surface area contributed by atoms with Gasteiger partial charge < -0.3 is 14.8 Å². The normalized spacial score (nSPS) is 10.7. The summed E-state index contributed by atoms with van der Waals surface area (Å²) < 4.78 is 24.5. The van der Waals surface area contributed by atoms with Crippen molar-refractivity contribution in [3.8, 4) is 11.5 Å². The minimum absolute atomic E-state index is 0.149. The molecule has 0 saturated carbocycles. The number of amides is 1. The van der Waals surface area contributed by atoms with Crippen molar-refractivity contribution in [2.45, 2.75) is 13.2 Å². The van der Waals surface area contributed by atoms with Crippen molar-refractivity contribution >= 4 is 11.6 Å². The number of carbonyl (C=O) groups excluding carboxylic acids is 1. The van der Waals surface area contributed by atoms with E-state index in [9.17, 15) is 9.18 Å². The molecule has 0 aliphatic carbocycles. The summed E-state index contributed by atoms with van der Waals surface area (Å²) in [6.45, 7) is 1.11. The third kappa shape index (κ3) is 6.32. The summed E-state index contributed by atoms with van der Waals surface area (Å²) in [5.74, 6) is 0.373. The van der Waals surface area contributed by atoms with Crippen LogP contribution in [-0.2, 0) is 17.9 Å². The van der Waals surface area contributed by atoms with Crippen molar-refractivity contribution < 1.29 is 18.7 Å². The molecule has 0 atom stereocenters. The van der Waals surface area contributed by atoms with Crippen molar-refractivity contribution in [3.63, 3.8) is 0 Å². The van der Waals surface area contributed by atoms with Crippen LogP contribution >= 0.6 is 0 Å². The molecule has 1 amide bonds. The largest absolute Gasteiger partial charge is 0.494 e. The molecule has 0 radical (unpaired) electrons. The minimum Gasteiger partial charge on any atom is -0.494 e. The smallest absolute Gasteiger partial charge is 0.238 e. The lowest BCUT2D eigenvalue weighted by Gasteiger charge is -2.17. The first-order chi connectivity index (χ1) is 14.5. The van der Waals surface area contributed by atoms with Gasteiger partial charge >= 0.3 is 0 Å². The van der Waals surface area contributed by atoms with Crippen LogP contribution in [0.4, 0.5) is 10.1 Å². The molecule has 0 bridgehead atoms. The van der Waals surface area contributed by atoms with Gasteiger partial charge in [0.1, 0.15) is 12.4 Å². The molecule has 30 heavy (non-hydrogen) atoms. The number of nitrogens with zero attached hydrogens (tertiary/aromatic N) is 1. The second kappa shape index (κ2) is 10.4. The molecule has 0 fully saturated rings. The number of benzene rings is 3. The summed E-state index contributed by atoms with van der Waals surface area (Å²) in [7, 11) is 3.23. The van der Waals surface area contributed by atoms with E-state index in [0.29, 0.717) is 18.8 Å². The Morgan fingerprint density at radius 3 is 2.40 bits per heavy atom. The number of hydrogen-bond donors (Lipinski definition) is 1. The average Bonchev–Trinajstić information content (AvgIpc) is 2.74. The fourth-order valence-electron chi connectivity index (χ4n) is 3.00. The predicted octanol–water partition coefficient (Wildman–Crippen LogP) is 4.48. The van der Waals surface area contributed by atoms with Crippen molar-refractivity contribution in [1.82, 2.24) is 4.90 Å². The van der Waals surface area contributed by atoms with Gasteiger partial charge in [-0.2, -0.15) is 0 Å². The lowest BCUT2D eigenvalue weighted by atomic mass is 10.2. The van der Waals surface area contributed by atoms with Gasteiger partial charge in [0.15, 0.2) is 11.6 Å². The highest BCUT2D eigenvalue weighted by molar-refractivity contribution is 5.92. The molecular formula is C24H25FN2O3. The van der Waals surface area contributed by atoms with E-state index in [1.165, 1.54) is 13.2 Å². The van der Waals surface area contributed by atoms with E-state index < -0.39 is 5.82 Å². The molecule has 0 unspecified atom stereocenters. The first kappa shape index (κ1) is 21.3. The van der Waals surface area contributed by atoms with Crippen molar-refractivity contribution in [2.24, 2.45) is 0 Å². The van der Waals surface area contributed by atoms with Gasteiger partial charge in [-0.1, -0.05) is 36.4 Å². The van der Waals surface area contributed by atoms with Crippen LogP contribution in [0, 0.1) is 5.82 Å². The lowest BCUT2D eigenvalue weighted by molar-refractivity contribution is -0.117. The molecule has 0 saturated heterocycles. The molecule has 0 aromatic heterocycles. The number of carbonyl (C=O) groups is 1. The zero-order valence-corrected chi connectivity index (χ0v) is 17.1. The van der Waals surface area contributed by atoms with E-state index in [2.05, 4.69) is 5.32 Å². The van der Waals surface area contributed by atoms with Crippen LogP contribution in [0.25, 0.3) is 0 Å². The highest BCUT2D eigenvalue weighted by Gasteiger charge is 2.10. The topological polar surface area (TPSA) is 50.8 Å². The lowest BCUT2D eigenvalue weighted by Crippen LogP contribution is -2.29. The average molecular weight is 408 g/mol. The summed E-state index contributed by atoms with van der Waals surface area (Å²) in [5, 5.41) is 2.86. The molecule has 0 spiro atoms. The maximum Gasteiger partial charge on any atom is 0.238 e. The molecule has 6 heteroatoms. The third-order valence-electron chi connectivity index (χ3n) is 4.47. The summed E-state index contributed by atoms with van der Waals surface area (Å²) in [4.78, 5) is 14.1. The summed E-state index contributed by atoms with van der Waals surface area (Å²) in [6.07, 6.45) is 0. The zero-order chi connectivity index (χ0) is 21.3. The number of ether oxygens (including phenoxy) is 2. The zero-order valence-electron chi connectivity index (χ0n) is 17.1. The van der Waals surface area contributed by atoms with E-state index in [1.807, 2.05) is 54.4 Å². The molecule has 0 aliphatic heterocycles. The molecule has 0 heterocycles. The maximum absolute atomic E-state index is 13.8. The number of nitrogens with one attached hydrogen (secondary N) is 1. The number of anilines is 1. The Bertz CT molecular complexity index is 962. The Hall–Kier alpha value is -3.38. The van der Waals surface area contributed by atoms with Crippen molar-refractivity contribution in [3.05, 3.63) is 89.7 Å². The maximum atomic E-state index is 13.8. The standard InChI is InChI=1S/C24H25FN2O3/c1-27(15-19-8-13-23(29-2)22(25)14-19)16-24(28)26-20-9-11-21(12-10-20)30-17-18-6-4-3-5-7-18/h3-14H,15-17H2,1-2H3,(H,26,28). The van der Waals surface area contributed by atoms with E-state index in [-0.39, 0.29) is 18.2 Å². The predicted molar refractivity (Wildman–Crippen MR) is 115 cm³/mol. The molecule has 156 valence electrons. The Morgan fingerprint density at radius 2 is 1.73 bits per heavy atom. The van der Waals surface area contributed by atoms with E-state index in [0.717, 1.165) is 16.9 Å². The van der Waals surface area contributed by atoms with E-state index in [4.69, 9.17) is 9.47 Å². The van der Waals surface area contributed by atoms with Crippen LogP contribution in [0.15, 0.2) is 72.8 Å². The number of rotatable bonds is 9. The molecule has 0 aliphatic rings. The van der Waals surface area contributed by atoms with Gasteiger partial charge in [0.2, 0.25) is 5.91 Å². The Morgan fingerprint density at radius 1 is 1.00 bits per heavy atom. The van der Waals surface area contributed by atoms with Gasteiger partial charge in [-0.25, -0.2) is 4.39 Å². The van der Waals surface area contributed by atoms with Crippen LogP contribution in [-0.4, -0.2) is 31.5 Å². The van der Waals surface area contributed by atoms with Crippen molar-refractivity contribution in [2.75, 3.05) is 26.0 Å². The second-order valence-electron chi connectivity index (χ2n) is 6.99. The quantitative estimate of drug-likeness (QED) is 0.567. The van der Waals surface area contributed by atoms with Gasteiger partial charge in [0.05, 0.1) is 13.7 Å². The third-order valence-corrected chi connectivity index (χ3v) is 4.47. The number of methoxy groups -OCH3 is 1. The number of likely N-dealkylation sites (N-methyl/N-ethyl adjacent to an activating group) is 1. The van der Waals surface area contributed by atoms with Crippen LogP contribution < -0.4 is 14.8 Å². The van der Waals surface area contributed by atoms with Gasteiger partial charge in [-0.3, -0.25) is 9.69 Å². The number of halogens is 1. The molecule has 1 N–H and O–H groups in total. The summed E-state index contributed by atoms with van der Waals surface area (Å²) in [6, 6.07) is 22.0. The van der Waals surface area contributed by atoms with E-state index in [1.54, 1.807) is 24.3 Å². The van der Waals surface area contributed by atoms with Gasteiger partial charge in [0.25, 0.3) is 0 Å². The van der Waals surface area contributed by atoms with Crippen LogP contribution in [0.5, 0.6) is 11.5 Å². The van der Waals surface area contributed by atoms with E-state index >= 15 is 0 Å². The number of hydrogen-bond acceptors (Lipinski definition) is 4. The first-order valence-electron chi connectivity index (χ1n) is 9.61. The molecule has 3 aromatic carbocycles. The highest BCUT2D eigenvalue weighted by Crippen LogP contribution is 2.19. The van der Waals surface area contributed by atoms with Crippen LogP contribution in [0.1, 0.15) is 11.1 Å². The Balaban J connectivity index is 1.46. The SMILES string of the molecule is COc1ccc(CN(C)CC(=O)Nc2ccc(OCc3ccccc3)cc2)cc1F. The van der Waals surface area contributed by atoms with Gasteiger partial charge in [-0.15, -0.1) is 0 Å². The highest BCUT2D eigenvalue weighted by atomic mass is 19.1. The van der Waals surface area contributed by atoms with Gasteiger partial charge in [-0.05, 0) is 54.6 Å². The fraction of sp³-hybridized carbons (Fsp3) is 0.208. The molecular weight excluding hydrogens is 383 g/mol.